The molecular weight excluding hydrogens is 348 g/mol. The van der Waals surface area contributed by atoms with Crippen LogP contribution in [0.3, 0.4) is 0 Å². The fourth-order valence-corrected chi connectivity index (χ4v) is 4.13. The number of para-hydroxylation sites is 1. The minimum atomic E-state index is -0.0123. The van der Waals surface area contributed by atoms with Crippen LogP contribution in [-0.4, -0.2) is 28.6 Å². The van der Waals surface area contributed by atoms with Crippen LogP contribution >= 0.6 is 11.3 Å². The molecule has 0 bridgehead atoms. The van der Waals surface area contributed by atoms with Crippen LogP contribution in [0.5, 0.6) is 0 Å². The molecule has 1 aliphatic rings. The monoisotopic (exact) mass is 372 g/mol. The molecule has 1 saturated heterocycles. The van der Waals surface area contributed by atoms with Crippen molar-refractivity contribution in [1.29, 1.82) is 0 Å². The summed E-state index contributed by atoms with van der Waals surface area (Å²) in [6.07, 6.45) is 2.02. The highest BCUT2D eigenvalue weighted by Gasteiger charge is 2.34. The lowest BCUT2D eigenvalue weighted by molar-refractivity contribution is -0.120. The number of carbonyl (C=O) groups is 2. The summed E-state index contributed by atoms with van der Waals surface area (Å²) < 4.78 is 0. The zero-order chi connectivity index (χ0) is 18.7. The van der Waals surface area contributed by atoms with Gasteiger partial charge in [0.15, 0.2) is 0 Å². The highest BCUT2D eigenvalue weighted by atomic mass is 32.1. The second kappa shape index (κ2) is 7.95. The lowest BCUT2D eigenvalue weighted by Crippen LogP contribution is -2.25. The normalized spacial score (nSPS) is 17.2. The van der Waals surface area contributed by atoms with Crippen LogP contribution in [0.1, 0.15) is 49.6 Å². The molecule has 1 aliphatic heterocycles. The predicted molar refractivity (Wildman–Crippen MR) is 104 cm³/mol. The van der Waals surface area contributed by atoms with E-state index in [1.165, 1.54) is 11.3 Å². The van der Waals surface area contributed by atoms with Crippen molar-refractivity contribution in [2.45, 2.75) is 46.0 Å². The van der Waals surface area contributed by atoms with Crippen molar-refractivity contribution >= 4 is 34.0 Å². The Labute approximate surface area is 157 Å². The number of anilines is 2. The number of carbonyl (C=O) groups excluding carboxylic acids is 2. The molecule has 3 rings (SSSR count). The van der Waals surface area contributed by atoms with E-state index in [0.717, 1.165) is 29.1 Å². The van der Waals surface area contributed by atoms with Crippen LogP contribution in [0, 0.1) is 12.8 Å². The molecule has 0 radical (unpaired) electrons. The van der Waals surface area contributed by atoms with Crippen LogP contribution in [0.2, 0.25) is 0 Å². The van der Waals surface area contributed by atoms with Crippen LogP contribution in [0.15, 0.2) is 24.3 Å². The van der Waals surface area contributed by atoms with Gasteiger partial charge in [-0.3, -0.25) is 9.59 Å². The summed E-state index contributed by atoms with van der Waals surface area (Å²) in [4.78, 5) is 26.5. The predicted octanol–water partition coefficient (Wildman–Crippen LogP) is 3.74. The number of aryl methyl sites for hydroxylation is 1. The topological polar surface area (TPSA) is 75.2 Å². The van der Waals surface area contributed by atoms with Crippen molar-refractivity contribution < 1.29 is 9.59 Å². The van der Waals surface area contributed by atoms with Gasteiger partial charge in [-0.1, -0.05) is 43.4 Å². The average Bonchev–Trinajstić information content (AvgIpc) is 3.23. The van der Waals surface area contributed by atoms with Crippen molar-refractivity contribution in [3.8, 4) is 0 Å². The van der Waals surface area contributed by atoms with Crippen LogP contribution < -0.4 is 10.2 Å². The standard InChI is InChI=1S/C19H24N4O2S/c1-4-13(5-2)17(25)20-19-22-21-18(26-19)14-10-16(24)23(11-14)15-9-7-6-8-12(15)3/h6-9,13-14H,4-5,10-11H2,1-3H3,(H,20,22,25). The van der Waals surface area contributed by atoms with Crippen LogP contribution in [-0.2, 0) is 9.59 Å². The van der Waals surface area contributed by atoms with Gasteiger partial charge >= 0.3 is 0 Å². The van der Waals surface area contributed by atoms with Gasteiger partial charge in [0, 0.05) is 30.5 Å². The molecule has 1 fully saturated rings. The maximum atomic E-state index is 12.5. The summed E-state index contributed by atoms with van der Waals surface area (Å²) in [7, 11) is 0. The minimum absolute atomic E-state index is 0.00745. The molecule has 1 atom stereocenters. The third-order valence-corrected chi connectivity index (χ3v) is 5.91. The smallest absolute Gasteiger partial charge is 0.229 e. The first kappa shape index (κ1) is 18.5. The van der Waals surface area contributed by atoms with Gasteiger partial charge in [0.05, 0.1) is 0 Å². The summed E-state index contributed by atoms with van der Waals surface area (Å²) in [6.45, 7) is 6.61. The lowest BCUT2D eigenvalue weighted by atomic mass is 10.0. The molecule has 1 unspecified atom stereocenters. The van der Waals surface area contributed by atoms with E-state index in [0.29, 0.717) is 18.1 Å². The maximum absolute atomic E-state index is 12.5. The fraction of sp³-hybridized carbons (Fsp3) is 0.474. The number of benzene rings is 1. The molecule has 138 valence electrons. The summed E-state index contributed by atoms with van der Waals surface area (Å²) in [6, 6.07) is 7.89. The molecular formula is C19H24N4O2S. The Morgan fingerprint density at radius 3 is 2.73 bits per heavy atom. The Balaban J connectivity index is 1.70. The van der Waals surface area contributed by atoms with E-state index in [1.54, 1.807) is 0 Å². The largest absolute Gasteiger partial charge is 0.311 e. The molecule has 6 nitrogen and oxygen atoms in total. The quantitative estimate of drug-likeness (QED) is 0.838. The van der Waals surface area contributed by atoms with Crippen molar-refractivity contribution in [3.63, 3.8) is 0 Å². The van der Waals surface area contributed by atoms with Gasteiger partial charge in [-0.15, -0.1) is 10.2 Å². The van der Waals surface area contributed by atoms with E-state index in [4.69, 9.17) is 0 Å². The molecule has 1 N–H and O–H groups in total. The second-order valence-electron chi connectivity index (χ2n) is 6.64. The van der Waals surface area contributed by atoms with Gasteiger partial charge in [-0.25, -0.2) is 0 Å². The third kappa shape index (κ3) is 3.77. The van der Waals surface area contributed by atoms with Crippen molar-refractivity contribution in [2.24, 2.45) is 5.92 Å². The molecule has 0 spiro atoms. The van der Waals surface area contributed by atoms with E-state index in [2.05, 4.69) is 15.5 Å². The average molecular weight is 372 g/mol. The molecule has 7 heteroatoms. The lowest BCUT2D eigenvalue weighted by Gasteiger charge is -2.18. The SMILES string of the molecule is CCC(CC)C(=O)Nc1nnc(C2CC(=O)N(c3ccccc3C)C2)s1. The van der Waals surface area contributed by atoms with E-state index in [1.807, 2.05) is 49.9 Å². The highest BCUT2D eigenvalue weighted by Crippen LogP contribution is 2.35. The Morgan fingerprint density at radius 2 is 2.04 bits per heavy atom. The Hall–Kier alpha value is -2.28. The number of rotatable bonds is 6. The Bertz CT molecular complexity index is 800. The number of nitrogens with one attached hydrogen (secondary N) is 1. The zero-order valence-electron chi connectivity index (χ0n) is 15.4. The van der Waals surface area contributed by atoms with Gasteiger partial charge in [0.2, 0.25) is 16.9 Å². The second-order valence-corrected chi connectivity index (χ2v) is 7.65. The molecule has 0 aliphatic carbocycles. The van der Waals surface area contributed by atoms with Gasteiger partial charge in [0.1, 0.15) is 5.01 Å². The first-order valence-electron chi connectivity index (χ1n) is 9.03. The number of aromatic nitrogens is 2. The van der Waals surface area contributed by atoms with Gasteiger partial charge in [-0.2, -0.15) is 0 Å². The number of hydrogen-bond donors (Lipinski definition) is 1. The number of amides is 2. The summed E-state index contributed by atoms with van der Waals surface area (Å²) in [5.74, 6) is 0.0919. The molecule has 0 saturated carbocycles. The fourth-order valence-electron chi connectivity index (χ4n) is 3.29. The molecule has 1 aromatic heterocycles. The van der Waals surface area contributed by atoms with Gasteiger partial charge in [0.25, 0.3) is 0 Å². The van der Waals surface area contributed by atoms with Crippen molar-refractivity contribution in [2.75, 3.05) is 16.8 Å². The maximum Gasteiger partial charge on any atom is 0.229 e. The number of hydrogen-bond acceptors (Lipinski definition) is 5. The zero-order valence-corrected chi connectivity index (χ0v) is 16.2. The van der Waals surface area contributed by atoms with Crippen LogP contribution in [0.4, 0.5) is 10.8 Å². The van der Waals surface area contributed by atoms with Gasteiger partial charge < -0.3 is 10.2 Å². The molecule has 2 heterocycles. The Morgan fingerprint density at radius 1 is 1.31 bits per heavy atom. The van der Waals surface area contributed by atoms with Crippen LogP contribution in [0.25, 0.3) is 0 Å². The minimum Gasteiger partial charge on any atom is -0.311 e. The van der Waals surface area contributed by atoms with E-state index < -0.39 is 0 Å². The molecule has 2 aromatic rings. The first-order valence-corrected chi connectivity index (χ1v) is 9.85. The number of nitrogens with zero attached hydrogens (tertiary/aromatic N) is 3. The third-order valence-electron chi connectivity index (χ3n) is 4.91. The summed E-state index contributed by atoms with van der Waals surface area (Å²) >= 11 is 1.37. The van der Waals surface area contributed by atoms with E-state index in [9.17, 15) is 9.59 Å². The first-order chi connectivity index (χ1) is 12.5. The molecule has 26 heavy (non-hydrogen) atoms. The van der Waals surface area contributed by atoms with Crippen molar-refractivity contribution in [1.82, 2.24) is 10.2 Å². The Kier molecular flexibility index (Phi) is 5.66. The van der Waals surface area contributed by atoms with Gasteiger partial charge in [-0.05, 0) is 31.4 Å². The summed E-state index contributed by atoms with van der Waals surface area (Å²) in [5.41, 5.74) is 2.03. The molecule has 1 aromatic carbocycles. The van der Waals surface area contributed by atoms with E-state index >= 15 is 0 Å². The highest BCUT2D eigenvalue weighted by molar-refractivity contribution is 7.15. The molecule has 2 amide bonds. The van der Waals surface area contributed by atoms with E-state index in [-0.39, 0.29) is 23.7 Å². The summed E-state index contributed by atoms with van der Waals surface area (Å²) in [5, 5.41) is 12.5. The van der Waals surface area contributed by atoms with Crippen molar-refractivity contribution in [3.05, 3.63) is 34.8 Å².